The fourth-order valence-electron chi connectivity index (χ4n) is 8.09. The molecule has 3 aliphatic rings. The van der Waals surface area contributed by atoms with E-state index in [0.29, 0.717) is 31.4 Å². The summed E-state index contributed by atoms with van der Waals surface area (Å²) >= 11 is 1.47. The van der Waals surface area contributed by atoms with Crippen LogP contribution < -0.4 is 43.8 Å². The number of allylic oxidation sites excluding steroid dienone is 4. The maximum atomic E-state index is 14.8. The Morgan fingerprint density at radius 2 is 1.61 bits per heavy atom. The van der Waals surface area contributed by atoms with Crippen LogP contribution in [0.2, 0.25) is 0 Å². The summed E-state index contributed by atoms with van der Waals surface area (Å²) in [6.07, 6.45) is 10.4. The molecule has 64 heavy (non-hydrogen) atoms. The van der Waals surface area contributed by atoms with E-state index in [4.69, 9.17) is 17.2 Å². The molecule has 20 nitrogen and oxygen atoms in total. The van der Waals surface area contributed by atoms with Crippen molar-refractivity contribution in [2.45, 2.75) is 119 Å². The number of primary amides is 2. The second-order valence-corrected chi connectivity index (χ2v) is 17.3. The molecule has 4 heterocycles. The summed E-state index contributed by atoms with van der Waals surface area (Å²) in [7, 11) is 0. The number of rotatable bonds is 10. The van der Waals surface area contributed by atoms with Gasteiger partial charge in [-0.1, -0.05) is 67.5 Å². The van der Waals surface area contributed by atoms with E-state index in [1.165, 1.54) is 16.2 Å². The van der Waals surface area contributed by atoms with Gasteiger partial charge in [0.2, 0.25) is 47.3 Å². The van der Waals surface area contributed by atoms with E-state index in [0.717, 1.165) is 15.6 Å². The average Bonchev–Trinajstić information content (AvgIpc) is 4.10. The van der Waals surface area contributed by atoms with E-state index in [2.05, 4.69) is 36.9 Å². The number of unbranched alkanes of at least 4 members (excludes halogenated alkanes) is 1. The summed E-state index contributed by atoms with van der Waals surface area (Å²) in [5, 5.41) is 24.9. The SMILES string of the molecule is CCCC[C@@H]1NC(=O)[C@H](CC(N)=O)NC(=O)[C@@H](N)CC(=O)NCCCC[C@@H](C(N)=O)NC(=O)[C@H](Cc2csc3ccccc23)NC(=O)[C@@H]2C[C@H](n3cc(C4C=CC=C4)nn3)CN2C1=O. The molecule has 8 amide bonds. The van der Waals surface area contributed by atoms with Gasteiger partial charge in [0.1, 0.15) is 30.2 Å². The standard InChI is InChI=1S/C43H56N12O8S/c1-2-3-13-30-43(63)54-21-26(55-22-33(52-53-55)24-10-4-5-11-24)18-34(54)42(62)51-31(17-25-23-64-35-15-7-6-12-27(25)35)40(60)48-29(38(46)58)14-8-9-16-47-37(57)19-28(44)39(59)50-32(20-36(45)56)41(61)49-30/h4-7,10-12,15,22-24,26,28-32,34H,2-3,8-9,13-14,16-21,44H2,1H3,(H2,45,56)(H2,46,58)(H,47,57)(H,48,60)(H,49,61)(H,50,59)(H,51,62)/t26-,28-,29-,30-,31-,32-,34-/m0/s1. The highest BCUT2D eigenvalue weighted by molar-refractivity contribution is 7.17. The molecule has 0 spiro atoms. The smallest absolute Gasteiger partial charge is 0.245 e. The van der Waals surface area contributed by atoms with Crippen LogP contribution in [0.4, 0.5) is 0 Å². The Balaban J connectivity index is 1.37. The van der Waals surface area contributed by atoms with Crippen molar-refractivity contribution in [3.05, 3.63) is 71.4 Å². The van der Waals surface area contributed by atoms with E-state index in [1.807, 2.05) is 60.9 Å². The molecule has 7 atom stereocenters. The van der Waals surface area contributed by atoms with Crippen LogP contribution in [0.5, 0.6) is 0 Å². The van der Waals surface area contributed by atoms with Crippen LogP contribution in [-0.4, -0.2) is 116 Å². The predicted octanol–water partition coefficient (Wildman–Crippen LogP) is -0.405. The molecule has 11 N–H and O–H groups in total. The van der Waals surface area contributed by atoms with Gasteiger partial charge in [-0.25, -0.2) is 4.68 Å². The van der Waals surface area contributed by atoms with Gasteiger partial charge in [-0.3, -0.25) is 38.4 Å². The van der Waals surface area contributed by atoms with Gasteiger partial charge in [0, 0.05) is 42.7 Å². The third-order valence-electron chi connectivity index (χ3n) is 11.6. The van der Waals surface area contributed by atoms with Gasteiger partial charge in [-0.15, -0.1) is 16.4 Å². The highest BCUT2D eigenvalue weighted by atomic mass is 32.1. The van der Waals surface area contributed by atoms with Crippen LogP contribution in [-0.2, 0) is 44.8 Å². The van der Waals surface area contributed by atoms with E-state index < -0.39 is 102 Å². The molecule has 2 saturated heterocycles. The molecule has 2 aliphatic heterocycles. The maximum Gasteiger partial charge on any atom is 0.245 e. The number of benzene rings is 1. The van der Waals surface area contributed by atoms with Crippen molar-refractivity contribution in [2.75, 3.05) is 13.1 Å². The zero-order valence-electron chi connectivity index (χ0n) is 35.6. The van der Waals surface area contributed by atoms with E-state index in [9.17, 15) is 38.4 Å². The van der Waals surface area contributed by atoms with Crippen LogP contribution in [0.25, 0.3) is 10.1 Å². The molecule has 21 heteroatoms. The van der Waals surface area contributed by atoms with Gasteiger partial charge in [-0.05, 0) is 48.1 Å². The van der Waals surface area contributed by atoms with E-state index in [-0.39, 0.29) is 44.7 Å². The second kappa shape index (κ2) is 21.7. The van der Waals surface area contributed by atoms with Gasteiger partial charge < -0.3 is 48.7 Å². The first kappa shape index (κ1) is 47.0. The minimum Gasteiger partial charge on any atom is -0.370 e. The first-order valence-corrected chi connectivity index (χ1v) is 22.4. The van der Waals surface area contributed by atoms with Gasteiger partial charge >= 0.3 is 0 Å². The molecule has 2 aromatic heterocycles. The number of fused-ring (bicyclic) bond motifs is 2. The summed E-state index contributed by atoms with van der Waals surface area (Å²) in [6, 6.07) is -0.730. The fourth-order valence-corrected chi connectivity index (χ4v) is 9.06. The molecule has 1 aliphatic carbocycles. The number of nitrogens with one attached hydrogen (secondary N) is 5. The first-order valence-electron chi connectivity index (χ1n) is 21.6. The van der Waals surface area contributed by atoms with Crippen LogP contribution >= 0.6 is 11.3 Å². The molecule has 0 unspecified atom stereocenters. The normalized spacial score (nSPS) is 25.9. The third-order valence-corrected chi connectivity index (χ3v) is 12.6. The molecule has 1 aromatic carbocycles. The van der Waals surface area contributed by atoms with Crippen LogP contribution in [0.1, 0.15) is 87.9 Å². The van der Waals surface area contributed by atoms with Gasteiger partial charge in [0.15, 0.2) is 0 Å². The molecule has 6 rings (SSSR count). The number of thiophene rings is 1. The molecule has 3 aromatic rings. The molecule has 0 radical (unpaired) electrons. The van der Waals surface area contributed by atoms with E-state index >= 15 is 0 Å². The first-order chi connectivity index (χ1) is 30.7. The molecular formula is C43H56N12O8S. The number of amides is 8. The van der Waals surface area contributed by atoms with Gasteiger partial charge in [-0.2, -0.15) is 0 Å². The topological polar surface area (TPSA) is 309 Å². The summed E-state index contributed by atoms with van der Waals surface area (Å²) in [5.41, 5.74) is 18.7. The molecule has 0 bridgehead atoms. The molecule has 2 fully saturated rings. The quantitative estimate of drug-likeness (QED) is 0.129. The number of carbonyl (C=O) groups excluding carboxylic acids is 8. The van der Waals surface area contributed by atoms with Crippen molar-refractivity contribution >= 4 is 68.7 Å². The Morgan fingerprint density at radius 3 is 2.34 bits per heavy atom. The molecule has 342 valence electrons. The number of nitrogens with zero attached hydrogens (tertiary/aromatic N) is 4. The van der Waals surface area contributed by atoms with Crippen molar-refractivity contribution in [3.8, 4) is 0 Å². The summed E-state index contributed by atoms with van der Waals surface area (Å²) in [4.78, 5) is 110. The van der Waals surface area contributed by atoms with Crippen molar-refractivity contribution in [3.63, 3.8) is 0 Å². The number of aromatic nitrogens is 3. The Hall–Kier alpha value is -6.48. The lowest BCUT2D eigenvalue weighted by Crippen LogP contribution is -2.59. The predicted molar refractivity (Wildman–Crippen MR) is 235 cm³/mol. The number of nitrogens with two attached hydrogens (primary N) is 3. The number of hydrogen-bond acceptors (Lipinski definition) is 12. The van der Waals surface area contributed by atoms with Crippen molar-refractivity contribution in [1.82, 2.24) is 46.5 Å². The van der Waals surface area contributed by atoms with Gasteiger partial charge in [0.05, 0.1) is 30.6 Å². The van der Waals surface area contributed by atoms with Crippen LogP contribution in [0, 0.1) is 0 Å². The van der Waals surface area contributed by atoms with Gasteiger partial charge in [0.25, 0.3) is 0 Å². The highest BCUT2D eigenvalue weighted by Crippen LogP contribution is 2.31. The Bertz CT molecular complexity index is 2280. The summed E-state index contributed by atoms with van der Waals surface area (Å²) in [6.45, 7) is 1.99. The summed E-state index contributed by atoms with van der Waals surface area (Å²) in [5.74, 6) is -6.21. The fraction of sp³-hybridized carbons (Fsp3) is 0.488. The second-order valence-electron chi connectivity index (χ2n) is 16.4. The minimum atomic E-state index is -1.55. The van der Waals surface area contributed by atoms with Crippen molar-refractivity contribution in [2.24, 2.45) is 17.2 Å². The monoisotopic (exact) mass is 900 g/mol. The lowest BCUT2D eigenvalue weighted by molar-refractivity contribution is -0.143. The number of hydrogen-bond donors (Lipinski definition) is 8. The third kappa shape index (κ3) is 11.9. The van der Waals surface area contributed by atoms with E-state index in [1.54, 1.807) is 10.9 Å². The van der Waals surface area contributed by atoms with Crippen molar-refractivity contribution < 1.29 is 38.4 Å². The van der Waals surface area contributed by atoms with Crippen LogP contribution in [0.3, 0.4) is 0 Å². The Kier molecular flexibility index (Phi) is 16.0. The summed E-state index contributed by atoms with van der Waals surface area (Å²) < 4.78 is 2.56. The minimum absolute atomic E-state index is 0.0301. The number of carbonyl (C=O) groups is 8. The molecular weight excluding hydrogens is 845 g/mol. The highest BCUT2D eigenvalue weighted by Gasteiger charge is 2.44. The average molecular weight is 901 g/mol. The van der Waals surface area contributed by atoms with Crippen LogP contribution in [0.15, 0.2) is 60.1 Å². The largest absolute Gasteiger partial charge is 0.370 e. The Labute approximate surface area is 373 Å². The molecule has 0 saturated carbocycles. The zero-order valence-corrected chi connectivity index (χ0v) is 36.4. The lowest BCUT2D eigenvalue weighted by Gasteiger charge is -2.31. The zero-order chi connectivity index (χ0) is 45.9. The maximum absolute atomic E-state index is 14.8. The van der Waals surface area contributed by atoms with Crippen molar-refractivity contribution in [1.29, 1.82) is 0 Å². The Morgan fingerprint density at radius 1 is 0.891 bits per heavy atom. The lowest BCUT2D eigenvalue weighted by atomic mass is 10.0.